The van der Waals surface area contributed by atoms with Crippen molar-refractivity contribution in [2.45, 2.75) is 24.6 Å². The van der Waals surface area contributed by atoms with Gasteiger partial charge < -0.3 is 9.64 Å². The highest BCUT2D eigenvalue weighted by atomic mass is 19.4. The van der Waals surface area contributed by atoms with E-state index >= 15 is 0 Å². The molecular weight excluding hydrogens is 317 g/mol. The number of benzene rings is 1. The summed E-state index contributed by atoms with van der Waals surface area (Å²) >= 11 is 0. The van der Waals surface area contributed by atoms with E-state index in [4.69, 9.17) is 4.74 Å². The third kappa shape index (κ3) is 2.55. The summed E-state index contributed by atoms with van der Waals surface area (Å²) in [6, 6.07) is 10.3. The summed E-state index contributed by atoms with van der Waals surface area (Å²) < 4.78 is 45.0. The standard InChI is InChI=1S/C18H17F3N2O/c19-18(20,21)14-6-8-22-16(11-14)23-9-10-24-17(12-23)7-5-13-3-1-2-4-15(13)17/h1-4,6,8,11H,5,7,9-10,12H2. The van der Waals surface area contributed by atoms with E-state index in [0.717, 1.165) is 30.5 Å². The molecule has 4 rings (SSSR count). The van der Waals surface area contributed by atoms with Gasteiger partial charge in [0.1, 0.15) is 11.4 Å². The molecule has 0 amide bonds. The summed E-state index contributed by atoms with van der Waals surface area (Å²) in [5.74, 6) is 0.358. The Hall–Kier alpha value is -2.08. The highest BCUT2D eigenvalue weighted by Gasteiger charge is 2.43. The predicted molar refractivity (Wildman–Crippen MR) is 83.8 cm³/mol. The molecule has 1 fully saturated rings. The normalized spacial score (nSPS) is 23.5. The van der Waals surface area contributed by atoms with Gasteiger partial charge in [0.25, 0.3) is 0 Å². The van der Waals surface area contributed by atoms with Crippen LogP contribution < -0.4 is 4.90 Å². The number of morpholine rings is 1. The highest BCUT2D eigenvalue weighted by molar-refractivity contribution is 5.46. The number of alkyl halides is 3. The molecule has 0 bridgehead atoms. The van der Waals surface area contributed by atoms with Crippen LogP contribution in [0.1, 0.15) is 23.1 Å². The van der Waals surface area contributed by atoms with Crippen molar-refractivity contribution < 1.29 is 17.9 Å². The lowest BCUT2D eigenvalue weighted by Crippen LogP contribution is -2.49. The number of rotatable bonds is 1. The second-order valence-corrected chi connectivity index (χ2v) is 6.32. The van der Waals surface area contributed by atoms with Crippen LogP contribution in [-0.2, 0) is 22.9 Å². The maximum atomic E-state index is 13.0. The van der Waals surface area contributed by atoms with Gasteiger partial charge in [0.15, 0.2) is 0 Å². The minimum absolute atomic E-state index is 0.358. The van der Waals surface area contributed by atoms with Crippen LogP contribution in [0.15, 0.2) is 42.6 Å². The van der Waals surface area contributed by atoms with Crippen molar-refractivity contribution in [3.05, 3.63) is 59.3 Å². The van der Waals surface area contributed by atoms with Gasteiger partial charge in [0.05, 0.1) is 18.7 Å². The molecule has 1 atom stereocenters. The second-order valence-electron chi connectivity index (χ2n) is 6.32. The van der Waals surface area contributed by atoms with E-state index in [1.165, 1.54) is 11.8 Å². The molecule has 1 aliphatic carbocycles. The zero-order valence-corrected chi connectivity index (χ0v) is 13.0. The predicted octanol–water partition coefficient (Wildman–Crippen LogP) is 3.78. The summed E-state index contributed by atoms with van der Waals surface area (Å²) in [6.07, 6.45) is -1.35. The van der Waals surface area contributed by atoms with Gasteiger partial charge in [-0.1, -0.05) is 24.3 Å². The number of ether oxygens (including phenoxy) is 1. The second kappa shape index (κ2) is 5.48. The van der Waals surface area contributed by atoms with E-state index in [9.17, 15) is 13.2 Å². The molecule has 24 heavy (non-hydrogen) atoms. The monoisotopic (exact) mass is 334 g/mol. The molecule has 0 saturated carbocycles. The van der Waals surface area contributed by atoms with Crippen LogP contribution in [0, 0.1) is 0 Å². The lowest BCUT2D eigenvalue weighted by atomic mass is 9.93. The molecule has 1 aromatic carbocycles. The van der Waals surface area contributed by atoms with Crippen LogP contribution in [0.25, 0.3) is 0 Å². The summed E-state index contributed by atoms with van der Waals surface area (Å²) in [6.45, 7) is 1.54. The van der Waals surface area contributed by atoms with Crippen molar-refractivity contribution in [2.75, 3.05) is 24.6 Å². The third-order valence-corrected chi connectivity index (χ3v) is 4.89. The Morgan fingerprint density at radius 1 is 1.17 bits per heavy atom. The van der Waals surface area contributed by atoms with Crippen molar-refractivity contribution in [3.8, 4) is 0 Å². The molecule has 2 heterocycles. The first kappa shape index (κ1) is 15.4. The molecule has 1 spiro atoms. The Morgan fingerprint density at radius 2 is 2.00 bits per heavy atom. The molecule has 0 N–H and O–H groups in total. The number of halogens is 3. The van der Waals surface area contributed by atoms with Crippen molar-refractivity contribution in [2.24, 2.45) is 0 Å². The van der Waals surface area contributed by atoms with E-state index in [1.54, 1.807) is 0 Å². The lowest BCUT2D eigenvalue weighted by molar-refractivity contribution is -0.137. The van der Waals surface area contributed by atoms with Crippen LogP contribution in [0.2, 0.25) is 0 Å². The van der Waals surface area contributed by atoms with E-state index in [2.05, 4.69) is 17.1 Å². The smallest absolute Gasteiger partial charge is 0.367 e. The van der Waals surface area contributed by atoms with E-state index in [1.807, 2.05) is 17.0 Å². The van der Waals surface area contributed by atoms with E-state index in [0.29, 0.717) is 25.5 Å². The number of aryl methyl sites for hydroxylation is 1. The summed E-state index contributed by atoms with van der Waals surface area (Å²) in [5.41, 5.74) is 1.31. The van der Waals surface area contributed by atoms with E-state index in [-0.39, 0.29) is 0 Å². The zero-order chi connectivity index (χ0) is 16.8. The maximum Gasteiger partial charge on any atom is 0.416 e. The number of aromatic nitrogens is 1. The number of hydrogen-bond donors (Lipinski definition) is 0. The minimum atomic E-state index is -4.36. The molecule has 126 valence electrons. The Labute approximate surface area is 138 Å². The summed E-state index contributed by atoms with van der Waals surface area (Å²) in [5, 5.41) is 0. The van der Waals surface area contributed by atoms with Crippen LogP contribution >= 0.6 is 0 Å². The van der Waals surface area contributed by atoms with Gasteiger partial charge >= 0.3 is 6.18 Å². The fourth-order valence-electron chi connectivity index (χ4n) is 3.72. The first-order valence-electron chi connectivity index (χ1n) is 7.98. The Balaban J connectivity index is 1.65. The Morgan fingerprint density at radius 3 is 2.83 bits per heavy atom. The summed E-state index contributed by atoms with van der Waals surface area (Å²) in [4.78, 5) is 6.06. The van der Waals surface area contributed by atoms with Crippen molar-refractivity contribution in [1.82, 2.24) is 4.98 Å². The SMILES string of the molecule is FC(F)(F)c1ccnc(N2CCOC3(CCc4ccccc43)C2)c1. The highest BCUT2D eigenvalue weighted by Crippen LogP contribution is 2.43. The Bertz CT molecular complexity index is 758. The fourth-order valence-corrected chi connectivity index (χ4v) is 3.72. The molecule has 1 saturated heterocycles. The van der Waals surface area contributed by atoms with Crippen LogP contribution in [0.4, 0.5) is 19.0 Å². The van der Waals surface area contributed by atoms with E-state index < -0.39 is 17.3 Å². The van der Waals surface area contributed by atoms with Crippen LogP contribution in [0.3, 0.4) is 0 Å². The van der Waals surface area contributed by atoms with Gasteiger partial charge in [0, 0.05) is 12.7 Å². The van der Waals surface area contributed by atoms with Gasteiger partial charge in [-0.15, -0.1) is 0 Å². The molecule has 2 aliphatic rings. The molecule has 0 radical (unpaired) electrons. The summed E-state index contributed by atoms with van der Waals surface area (Å²) in [7, 11) is 0. The average molecular weight is 334 g/mol. The molecular formula is C18H17F3N2O. The number of hydrogen-bond acceptors (Lipinski definition) is 3. The van der Waals surface area contributed by atoms with Crippen LogP contribution in [0.5, 0.6) is 0 Å². The van der Waals surface area contributed by atoms with Gasteiger partial charge in [0.2, 0.25) is 0 Å². The quantitative estimate of drug-likeness (QED) is 0.794. The fraction of sp³-hybridized carbons (Fsp3) is 0.389. The molecule has 3 nitrogen and oxygen atoms in total. The minimum Gasteiger partial charge on any atom is -0.367 e. The van der Waals surface area contributed by atoms with Gasteiger partial charge in [-0.05, 0) is 36.1 Å². The van der Waals surface area contributed by atoms with Crippen molar-refractivity contribution >= 4 is 5.82 Å². The topological polar surface area (TPSA) is 25.4 Å². The molecule has 1 unspecified atom stereocenters. The maximum absolute atomic E-state index is 13.0. The number of anilines is 1. The van der Waals surface area contributed by atoms with Crippen LogP contribution in [-0.4, -0.2) is 24.7 Å². The first-order chi connectivity index (χ1) is 11.5. The Kier molecular flexibility index (Phi) is 3.53. The zero-order valence-electron chi connectivity index (χ0n) is 13.0. The molecule has 1 aliphatic heterocycles. The molecule has 1 aromatic heterocycles. The van der Waals surface area contributed by atoms with Gasteiger partial charge in [-0.2, -0.15) is 13.2 Å². The van der Waals surface area contributed by atoms with Crippen molar-refractivity contribution in [3.63, 3.8) is 0 Å². The first-order valence-corrected chi connectivity index (χ1v) is 7.98. The largest absolute Gasteiger partial charge is 0.416 e. The van der Waals surface area contributed by atoms with Gasteiger partial charge in [-0.25, -0.2) is 4.98 Å². The lowest BCUT2D eigenvalue weighted by Gasteiger charge is -2.41. The number of fused-ring (bicyclic) bond motifs is 2. The van der Waals surface area contributed by atoms with Gasteiger partial charge in [-0.3, -0.25) is 0 Å². The number of pyridine rings is 1. The number of nitrogens with zero attached hydrogens (tertiary/aromatic N) is 2. The third-order valence-electron chi connectivity index (χ3n) is 4.89. The molecule has 2 aromatic rings. The average Bonchev–Trinajstić information content (AvgIpc) is 2.93. The van der Waals surface area contributed by atoms with Crippen molar-refractivity contribution in [1.29, 1.82) is 0 Å². The molecule has 6 heteroatoms.